The van der Waals surface area contributed by atoms with Crippen molar-refractivity contribution >= 4 is 75.4 Å². The van der Waals surface area contributed by atoms with Crippen LogP contribution in [0, 0.1) is 0 Å². The molecule has 57 heavy (non-hydrogen) atoms. The molecule has 4 N–H and O–H groups in total. The first-order valence-corrected chi connectivity index (χ1v) is 20.1. The fourth-order valence-corrected chi connectivity index (χ4v) is 9.62. The Balaban J connectivity index is 1.02. The van der Waals surface area contributed by atoms with E-state index >= 15 is 0 Å². The van der Waals surface area contributed by atoms with Crippen molar-refractivity contribution in [2.45, 2.75) is 18.9 Å². The molecule has 2 unspecified atom stereocenters. The third-order valence-electron chi connectivity index (χ3n) is 11.2. The van der Waals surface area contributed by atoms with Crippen LogP contribution in [0.1, 0.15) is 29.0 Å². The van der Waals surface area contributed by atoms with Crippen molar-refractivity contribution in [3.05, 3.63) is 193 Å². The van der Waals surface area contributed by atoms with Gasteiger partial charge in [-0.05, 0) is 46.5 Å². The highest BCUT2D eigenvalue weighted by Crippen LogP contribution is 2.45. The highest BCUT2D eigenvalue weighted by atomic mass is 32.1. The van der Waals surface area contributed by atoms with Gasteiger partial charge < -0.3 is 14.6 Å². The number of para-hydroxylation sites is 3. The summed E-state index contributed by atoms with van der Waals surface area (Å²) in [6, 6.07) is 61.6. The summed E-state index contributed by atoms with van der Waals surface area (Å²) in [4.78, 5) is 0. The van der Waals surface area contributed by atoms with Crippen LogP contribution >= 0.6 is 11.3 Å². The maximum Gasteiger partial charge on any atom is 0.143 e. The average molecular weight is 756 g/mol. The minimum absolute atomic E-state index is 0.291. The van der Waals surface area contributed by atoms with Crippen LogP contribution in [-0.2, 0) is 6.54 Å². The molecule has 11 rings (SSSR count). The molecule has 3 aromatic heterocycles. The zero-order chi connectivity index (χ0) is 37.9. The van der Waals surface area contributed by atoms with E-state index in [2.05, 4.69) is 150 Å². The SMILES string of the molecule is NC(NC(NCc1ccccc1)c1cccc2c1oc1ccc(-c3cccc4c3oc3c(-c5cccc6sc7ccccc7c56)cccc34)cc12)c1ccccc1. The minimum Gasteiger partial charge on any atom is -0.456 e. The normalized spacial score (nSPS) is 13.1. The lowest BCUT2D eigenvalue weighted by atomic mass is 9.97. The Bertz CT molecular complexity index is 3250. The van der Waals surface area contributed by atoms with Gasteiger partial charge in [0.1, 0.15) is 22.3 Å². The Morgan fingerprint density at radius 2 is 1.14 bits per heavy atom. The predicted octanol–water partition coefficient (Wildman–Crippen LogP) is 13.2. The van der Waals surface area contributed by atoms with E-state index in [1.807, 2.05) is 47.7 Å². The first kappa shape index (κ1) is 33.8. The summed E-state index contributed by atoms with van der Waals surface area (Å²) >= 11 is 1.84. The molecule has 0 fully saturated rings. The van der Waals surface area contributed by atoms with E-state index in [1.54, 1.807) is 0 Å². The summed E-state index contributed by atoms with van der Waals surface area (Å²) in [5, 5.41) is 14.2. The Morgan fingerprint density at radius 1 is 0.509 bits per heavy atom. The van der Waals surface area contributed by atoms with Crippen LogP contribution in [0.3, 0.4) is 0 Å². The van der Waals surface area contributed by atoms with E-state index in [1.165, 1.54) is 31.3 Å². The molecule has 0 bridgehead atoms. The number of nitrogens with one attached hydrogen (secondary N) is 2. The van der Waals surface area contributed by atoms with Gasteiger partial charge in [0.2, 0.25) is 0 Å². The highest BCUT2D eigenvalue weighted by molar-refractivity contribution is 7.25. The second-order valence-electron chi connectivity index (χ2n) is 14.6. The minimum atomic E-state index is -0.395. The number of rotatable bonds is 9. The summed E-state index contributed by atoms with van der Waals surface area (Å²) in [6.07, 6.45) is -0.686. The molecule has 0 aliphatic carbocycles. The van der Waals surface area contributed by atoms with Gasteiger partial charge in [0.25, 0.3) is 0 Å². The van der Waals surface area contributed by atoms with E-state index in [4.69, 9.17) is 14.6 Å². The van der Waals surface area contributed by atoms with Crippen LogP contribution in [0.5, 0.6) is 0 Å². The second kappa shape index (κ2) is 13.9. The molecule has 0 amide bonds. The van der Waals surface area contributed by atoms with Gasteiger partial charge in [-0.1, -0.05) is 152 Å². The zero-order valence-electron chi connectivity index (χ0n) is 30.9. The third kappa shape index (κ3) is 5.81. The zero-order valence-corrected chi connectivity index (χ0v) is 31.7. The Morgan fingerprint density at radius 3 is 1.96 bits per heavy atom. The largest absolute Gasteiger partial charge is 0.456 e. The van der Waals surface area contributed by atoms with Crippen LogP contribution in [0.2, 0.25) is 0 Å². The van der Waals surface area contributed by atoms with Crippen molar-refractivity contribution in [2.24, 2.45) is 5.73 Å². The van der Waals surface area contributed by atoms with Crippen molar-refractivity contribution in [1.82, 2.24) is 10.6 Å². The number of hydrogen-bond acceptors (Lipinski definition) is 6. The number of benzene rings is 8. The lowest BCUT2D eigenvalue weighted by Gasteiger charge is -2.25. The topological polar surface area (TPSA) is 76.4 Å². The molecule has 8 aromatic carbocycles. The summed E-state index contributed by atoms with van der Waals surface area (Å²) in [7, 11) is 0. The van der Waals surface area contributed by atoms with Gasteiger partial charge in [-0.2, -0.15) is 0 Å². The molecule has 6 heteroatoms. The molecular weight excluding hydrogens is 719 g/mol. The number of hydrogen-bond donors (Lipinski definition) is 3. The lowest BCUT2D eigenvalue weighted by molar-refractivity contribution is 0.385. The van der Waals surface area contributed by atoms with E-state index in [0.29, 0.717) is 6.54 Å². The van der Waals surface area contributed by atoms with Gasteiger partial charge in [-0.15, -0.1) is 11.3 Å². The standard InChI is InChI=1S/C51H37N3O2S/c52-50(32-15-5-2-6-16-32)54-51(53-30-31-13-3-1-4-14-31)41-24-11-23-39-42-29-33(27-28-43(42)55-49(39)41)34-18-9-21-37-38-22-10-20-36(48(38)56-47(34)37)35-19-12-26-45-46(35)40-17-7-8-25-44(40)57-45/h1-29,50-51,53-54H,30,52H2. The Kier molecular flexibility index (Phi) is 8.23. The predicted molar refractivity (Wildman–Crippen MR) is 237 cm³/mol. The smallest absolute Gasteiger partial charge is 0.143 e. The molecule has 0 saturated heterocycles. The van der Waals surface area contributed by atoms with Gasteiger partial charge in [0, 0.05) is 65.0 Å². The fourth-order valence-electron chi connectivity index (χ4n) is 8.48. The van der Waals surface area contributed by atoms with Crippen molar-refractivity contribution in [1.29, 1.82) is 0 Å². The van der Waals surface area contributed by atoms with Crippen molar-refractivity contribution in [3.63, 3.8) is 0 Å². The monoisotopic (exact) mass is 755 g/mol. The molecule has 0 radical (unpaired) electrons. The van der Waals surface area contributed by atoms with Crippen LogP contribution in [-0.4, -0.2) is 0 Å². The van der Waals surface area contributed by atoms with Gasteiger partial charge in [0.05, 0.1) is 12.3 Å². The van der Waals surface area contributed by atoms with Gasteiger partial charge in [-0.3, -0.25) is 10.6 Å². The quantitative estimate of drug-likeness (QED) is 0.128. The Hall–Kier alpha value is -6.54. The molecule has 0 aliphatic heterocycles. The maximum absolute atomic E-state index is 6.98. The average Bonchev–Trinajstić information content (AvgIpc) is 3.97. The fraction of sp³-hybridized carbons (Fsp3) is 0.0588. The molecule has 0 saturated carbocycles. The van der Waals surface area contributed by atoms with Gasteiger partial charge in [-0.25, -0.2) is 0 Å². The van der Waals surface area contributed by atoms with E-state index in [-0.39, 0.29) is 6.17 Å². The summed E-state index contributed by atoms with van der Waals surface area (Å²) < 4.78 is 16.3. The highest BCUT2D eigenvalue weighted by Gasteiger charge is 2.23. The van der Waals surface area contributed by atoms with Crippen LogP contribution < -0.4 is 16.4 Å². The van der Waals surface area contributed by atoms with E-state index in [9.17, 15) is 0 Å². The van der Waals surface area contributed by atoms with Gasteiger partial charge >= 0.3 is 0 Å². The van der Waals surface area contributed by atoms with Gasteiger partial charge in [0.15, 0.2) is 0 Å². The third-order valence-corrected chi connectivity index (χ3v) is 12.4. The van der Waals surface area contributed by atoms with Crippen LogP contribution in [0.25, 0.3) is 86.3 Å². The van der Waals surface area contributed by atoms with Crippen molar-refractivity contribution in [3.8, 4) is 22.3 Å². The molecule has 0 aliphatic rings. The van der Waals surface area contributed by atoms with E-state index < -0.39 is 6.17 Å². The molecule has 274 valence electrons. The summed E-state index contributed by atoms with van der Waals surface area (Å²) in [5.74, 6) is 0. The first-order valence-electron chi connectivity index (χ1n) is 19.3. The number of thiophene rings is 1. The molecule has 0 spiro atoms. The Labute approximate surface area is 333 Å². The molecular formula is C51H37N3O2S. The molecule has 5 nitrogen and oxygen atoms in total. The summed E-state index contributed by atoms with van der Waals surface area (Å²) in [5.41, 5.74) is 17.8. The van der Waals surface area contributed by atoms with Crippen LogP contribution in [0.4, 0.5) is 0 Å². The van der Waals surface area contributed by atoms with Crippen molar-refractivity contribution < 1.29 is 8.83 Å². The van der Waals surface area contributed by atoms with E-state index in [0.717, 1.165) is 71.7 Å². The molecule has 3 heterocycles. The maximum atomic E-state index is 6.98. The molecule has 11 aromatic rings. The van der Waals surface area contributed by atoms with Crippen LogP contribution in [0.15, 0.2) is 185 Å². The number of nitrogens with two attached hydrogens (primary N) is 1. The number of fused-ring (bicyclic) bond motifs is 9. The molecule has 2 atom stereocenters. The first-order chi connectivity index (χ1) is 28.2. The second-order valence-corrected chi connectivity index (χ2v) is 15.7. The lowest BCUT2D eigenvalue weighted by Crippen LogP contribution is -2.39. The summed E-state index contributed by atoms with van der Waals surface area (Å²) in [6.45, 7) is 0.656. The number of furan rings is 2. The van der Waals surface area contributed by atoms with Crippen molar-refractivity contribution in [2.75, 3.05) is 0 Å².